The van der Waals surface area contributed by atoms with E-state index in [4.69, 9.17) is 11.6 Å². The average molecular weight is 442 g/mol. The van der Waals surface area contributed by atoms with Crippen molar-refractivity contribution in [3.63, 3.8) is 0 Å². The number of allylic oxidation sites excluding steroid dienone is 1. The van der Waals surface area contributed by atoms with Gasteiger partial charge in [0.2, 0.25) is 5.91 Å². The van der Waals surface area contributed by atoms with Crippen LogP contribution >= 0.6 is 35.1 Å². The number of anilines is 1. The number of amides is 1. The van der Waals surface area contributed by atoms with Gasteiger partial charge >= 0.3 is 0 Å². The maximum Gasteiger partial charge on any atom is 0.229 e. The van der Waals surface area contributed by atoms with Crippen molar-refractivity contribution in [1.29, 1.82) is 5.26 Å². The van der Waals surface area contributed by atoms with E-state index in [0.29, 0.717) is 29.6 Å². The van der Waals surface area contributed by atoms with E-state index in [2.05, 4.69) is 11.0 Å². The summed E-state index contributed by atoms with van der Waals surface area (Å²) in [6, 6.07) is 16.4. The number of thioether (sulfide) groups is 2. The molecule has 4 nitrogen and oxygen atoms in total. The summed E-state index contributed by atoms with van der Waals surface area (Å²) >= 11 is 9.51. The molecule has 0 bridgehead atoms. The molecule has 1 saturated heterocycles. The van der Waals surface area contributed by atoms with Gasteiger partial charge in [0.05, 0.1) is 29.2 Å². The lowest BCUT2D eigenvalue weighted by Crippen LogP contribution is -2.47. The van der Waals surface area contributed by atoms with Gasteiger partial charge in [0.1, 0.15) is 0 Å². The second-order valence-electron chi connectivity index (χ2n) is 7.02. The fourth-order valence-electron chi connectivity index (χ4n) is 3.77. The van der Waals surface area contributed by atoms with Gasteiger partial charge in [0.15, 0.2) is 0 Å². The number of hydrogen-bond donors (Lipinski definition) is 0. The molecule has 0 saturated carbocycles. The smallest absolute Gasteiger partial charge is 0.229 e. The minimum atomic E-state index is -0.179. The molecule has 148 valence electrons. The van der Waals surface area contributed by atoms with E-state index in [1.54, 1.807) is 28.4 Å². The molecule has 4 rings (SSSR count). The summed E-state index contributed by atoms with van der Waals surface area (Å²) in [5, 5.41) is 11.4. The Balaban J connectivity index is 1.66. The van der Waals surface area contributed by atoms with E-state index in [1.165, 1.54) is 4.90 Å². The van der Waals surface area contributed by atoms with Crippen molar-refractivity contribution in [2.75, 3.05) is 23.7 Å². The predicted octanol–water partition coefficient (Wildman–Crippen LogP) is 5.59. The largest absolute Gasteiger partial charge is 0.343 e. The highest BCUT2D eigenvalue weighted by atomic mass is 35.5. The summed E-state index contributed by atoms with van der Waals surface area (Å²) in [6.07, 6.45) is 2.35. The summed E-state index contributed by atoms with van der Waals surface area (Å²) in [7, 11) is 0. The number of rotatable bonds is 3. The van der Waals surface area contributed by atoms with Gasteiger partial charge in [-0.15, -0.1) is 11.8 Å². The van der Waals surface area contributed by atoms with Gasteiger partial charge in [0, 0.05) is 27.9 Å². The van der Waals surface area contributed by atoms with Crippen LogP contribution in [0.25, 0.3) is 0 Å². The zero-order valence-corrected chi connectivity index (χ0v) is 18.6. The van der Waals surface area contributed by atoms with Crippen LogP contribution in [0.3, 0.4) is 0 Å². The molecule has 0 aliphatic carbocycles. The van der Waals surface area contributed by atoms with Crippen LogP contribution in [0.5, 0.6) is 0 Å². The molecule has 7 heteroatoms. The molecule has 2 aliphatic rings. The fourth-order valence-corrected chi connectivity index (χ4v) is 5.51. The maximum absolute atomic E-state index is 13.0. The molecule has 1 atom stereocenters. The molecule has 29 heavy (non-hydrogen) atoms. The van der Waals surface area contributed by atoms with Crippen LogP contribution in [0.15, 0.2) is 58.0 Å². The lowest BCUT2D eigenvalue weighted by atomic mass is 9.86. The van der Waals surface area contributed by atoms with Crippen molar-refractivity contribution in [2.45, 2.75) is 24.2 Å². The summed E-state index contributed by atoms with van der Waals surface area (Å²) in [6.45, 7) is 2.42. The van der Waals surface area contributed by atoms with Gasteiger partial charge in [-0.2, -0.15) is 5.26 Å². The third-order valence-corrected chi connectivity index (χ3v) is 7.70. The number of nitriles is 1. The lowest BCUT2D eigenvalue weighted by molar-refractivity contribution is -0.129. The minimum absolute atomic E-state index is 0.0508. The molecular weight excluding hydrogens is 422 g/mol. The second-order valence-corrected chi connectivity index (χ2v) is 9.24. The van der Waals surface area contributed by atoms with Crippen molar-refractivity contribution < 1.29 is 4.79 Å². The lowest BCUT2D eigenvalue weighted by Gasteiger charge is -2.42. The number of carbonyl (C=O) groups excluding carboxylic acids is 1. The molecule has 1 fully saturated rings. The van der Waals surface area contributed by atoms with Crippen molar-refractivity contribution in [1.82, 2.24) is 4.90 Å². The van der Waals surface area contributed by atoms with Crippen LogP contribution in [0.1, 0.15) is 23.5 Å². The van der Waals surface area contributed by atoms with Crippen LogP contribution in [-0.2, 0) is 4.79 Å². The quantitative estimate of drug-likeness (QED) is 0.581. The first-order valence-electron chi connectivity index (χ1n) is 9.25. The van der Waals surface area contributed by atoms with Gasteiger partial charge in [0.25, 0.3) is 0 Å². The van der Waals surface area contributed by atoms with Crippen LogP contribution in [-0.4, -0.2) is 29.6 Å². The molecular formula is C22H20ClN3OS2. The Kier molecular flexibility index (Phi) is 5.82. The summed E-state index contributed by atoms with van der Waals surface area (Å²) < 4.78 is 0. The van der Waals surface area contributed by atoms with Crippen molar-refractivity contribution in [3.8, 4) is 6.07 Å². The van der Waals surface area contributed by atoms with E-state index < -0.39 is 0 Å². The topological polar surface area (TPSA) is 47.3 Å². The Morgan fingerprint density at radius 1 is 1.24 bits per heavy atom. The van der Waals surface area contributed by atoms with Crippen molar-refractivity contribution in [2.24, 2.45) is 0 Å². The first-order valence-corrected chi connectivity index (χ1v) is 11.8. The van der Waals surface area contributed by atoms with Crippen LogP contribution < -0.4 is 4.90 Å². The van der Waals surface area contributed by atoms with Crippen molar-refractivity contribution in [3.05, 3.63) is 69.2 Å². The van der Waals surface area contributed by atoms with E-state index >= 15 is 0 Å². The molecule has 0 spiro atoms. The summed E-state index contributed by atoms with van der Waals surface area (Å²) in [5.41, 5.74) is 3.73. The maximum atomic E-state index is 13.0. The monoisotopic (exact) mass is 441 g/mol. The Morgan fingerprint density at radius 2 is 2.00 bits per heavy atom. The summed E-state index contributed by atoms with van der Waals surface area (Å²) in [5.74, 6) is 0.542. The Labute approximate surface area is 184 Å². The Hall–Kier alpha value is -2.07. The molecule has 2 aromatic carbocycles. The zero-order valence-electron chi connectivity index (χ0n) is 16.2. The molecule has 0 radical (unpaired) electrons. The summed E-state index contributed by atoms with van der Waals surface area (Å²) in [4.78, 5) is 18.1. The first-order chi connectivity index (χ1) is 14.0. The standard InChI is InChI=1S/C22H20ClN3OS2/c1-14-19(23)4-3-5-20(14)25-12-26-21(27)10-17(18(11-24)22(26)29-13-25)15-6-8-16(28-2)9-7-15/h3-9,17H,10,12-13H2,1-2H3/t17-/m1/s1. The van der Waals surface area contributed by atoms with E-state index in [-0.39, 0.29) is 11.8 Å². The molecule has 0 N–H and O–H groups in total. The van der Waals surface area contributed by atoms with Crippen LogP contribution in [0.4, 0.5) is 5.69 Å². The van der Waals surface area contributed by atoms with Gasteiger partial charge in [-0.25, -0.2) is 0 Å². The average Bonchev–Trinajstić information content (AvgIpc) is 2.75. The van der Waals surface area contributed by atoms with Gasteiger partial charge in [-0.1, -0.05) is 41.6 Å². The van der Waals surface area contributed by atoms with Crippen LogP contribution in [0, 0.1) is 18.3 Å². The van der Waals surface area contributed by atoms with Crippen molar-refractivity contribution >= 4 is 46.7 Å². The molecule has 2 heterocycles. The molecule has 0 unspecified atom stereocenters. The predicted molar refractivity (Wildman–Crippen MR) is 121 cm³/mol. The van der Waals surface area contributed by atoms with E-state index in [9.17, 15) is 10.1 Å². The normalized spacial score (nSPS) is 19.2. The third-order valence-electron chi connectivity index (χ3n) is 5.39. The Morgan fingerprint density at radius 3 is 2.69 bits per heavy atom. The van der Waals surface area contributed by atoms with Gasteiger partial charge in [-0.05, 0) is 48.6 Å². The SMILES string of the molecule is CSc1ccc([C@H]2CC(=O)N3CN(c4cccc(Cl)c4C)CSC3=C2C#N)cc1. The van der Waals surface area contributed by atoms with E-state index in [0.717, 1.165) is 21.8 Å². The highest BCUT2D eigenvalue weighted by molar-refractivity contribution is 8.03. The molecule has 1 amide bonds. The molecule has 0 aromatic heterocycles. The fraction of sp³-hybridized carbons (Fsp3) is 0.273. The van der Waals surface area contributed by atoms with E-state index in [1.807, 2.05) is 55.6 Å². The highest BCUT2D eigenvalue weighted by Gasteiger charge is 2.38. The zero-order chi connectivity index (χ0) is 20.5. The molecule has 2 aromatic rings. The Bertz CT molecular complexity index is 1030. The third kappa shape index (κ3) is 3.75. The second kappa shape index (κ2) is 8.35. The van der Waals surface area contributed by atoms with Crippen LogP contribution in [0.2, 0.25) is 5.02 Å². The number of hydrogen-bond acceptors (Lipinski definition) is 5. The minimum Gasteiger partial charge on any atom is -0.343 e. The highest BCUT2D eigenvalue weighted by Crippen LogP contribution is 2.44. The molecule has 2 aliphatic heterocycles. The number of nitrogens with zero attached hydrogens (tertiary/aromatic N) is 3. The van der Waals surface area contributed by atoms with Gasteiger partial charge in [-0.3, -0.25) is 9.69 Å². The number of halogens is 1. The first kappa shape index (κ1) is 20.2. The number of carbonyl (C=O) groups is 1. The number of benzene rings is 2. The van der Waals surface area contributed by atoms with Gasteiger partial charge < -0.3 is 4.90 Å². The number of fused-ring (bicyclic) bond motifs is 1.